The number of nitrogens with two attached hydrogens (primary N) is 1. The Morgan fingerprint density at radius 1 is 1.33 bits per heavy atom. The van der Waals surface area contributed by atoms with Crippen LogP contribution in [0.5, 0.6) is 0 Å². The molecule has 2 fully saturated rings. The zero-order valence-corrected chi connectivity index (χ0v) is 12.0. The molecule has 6 nitrogen and oxygen atoms in total. The number of hydrogen-bond donors (Lipinski definition) is 1. The van der Waals surface area contributed by atoms with Crippen LogP contribution in [0.3, 0.4) is 0 Å². The van der Waals surface area contributed by atoms with E-state index in [4.69, 9.17) is 5.73 Å². The van der Waals surface area contributed by atoms with Crippen LogP contribution in [0.4, 0.5) is 5.69 Å². The molecule has 2 N–H and O–H groups in total. The zero-order valence-electron chi connectivity index (χ0n) is 12.0. The minimum Gasteiger partial charge on any atom is -0.333 e. The van der Waals surface area contributed by atoms with Gasteiger partial charge in [0.15, 0.2) is 0 Å². The van der Waals surface area contributed by atoms with Gasteiger partial charge < -0.3 is 10.6 Å². The number of aryl methyl sites for hydroxylation is 1. The molecule has 0 aromatic heterocycles. The van der Waals surface area contributed by atoms with Crippen molar-refractivity contribution in [2.24, 2.45) is 5.73 Å². The molecule has 1 amide bonds. The number of hydrogen-bond acceptors (Lipinski definition) is 4. The molecule has 112 valence electrons. The average Bonchev–Trinajstić information content (AvgIpc) is 2.70. The second-order valence-corrected chi connectivity index (χ2v) is 6.09. The van der Waals surface area contributed by atoms with E-state index in [0.29, 0.717) is 11.1 Å². The van der Waals surface area contributed by atoms with E-state index in [9.17, 15) is 14.9 Å². The van der Waals surface area contributed by atoms with Gasteiger partial charge in [-0.1, -0.05) is 6.07 Å². The predicted octanol–water partition coefficient (Wildman–Crippen LogP) is 2.00. The molecule has 0 radical (unpaired) electrons. The Balaban J connectivity index is 1.89. The largest absolute Gasteiger partial charge is 0.333 e. The fourth-order valence-corrected chi connectivity index (χ4v) is 3.64. The van der Waals surface area contributed by atoms with Crippen LogP contribution in [0.15, 0.2) is 18.2 Å². The third-order valence-corrected chi connectivity index (χ3v) is 4.66. The first-order chi connectivity index (χ1) is 9.97. The number of carbonyl (C=O) groups is 1. The summed E-state index contributed by atoms with van der Waals surface area (Å²) < 4.78 is 0. The molecule has 2 unspecified atom stereocenters. The third-order valence-electron chi connectivity index (χ3n) is 4.66. The van der Waals surface area contributed by atoms with E-state index < -0.39 is 4.92 Å². The normalized spacial score (nSPS) is 27.7. The molecule has 2 saturated heterocycles. The first-order valence-corrected chi connectivity index (χ1v) is 7.30. The van der Waals surface area contributed by atoms with Crippen LogP contribution < -0.4 is 5.73 Å². The van der Waals surface area contributed by atoms with Crippen LogP contribution in [0, 0.1) is 17.0 Å². The first-order valence-electron chi connectivity index (χ1n) is 7.30. The molecule has 2 aliphatic heterocycles. The number of piperidine rings is 1. The first kappa shape index (κ1) is 14.0. The van der Waals surface area contributed by atoms with Crippen LogP contribution in [0.1, 0.15) is 41.6 Å². The lowest BCUT2D eigenvalue weighted by molar-refractivity contribution is -0.385. The van der Waals surface area contributed by atoms with Gasteiger partial charge in [0, 0.05) is 35.3 Å². The van der Waals surface area contributed by atoms with Crippen molar-refractivity contribution in [2.45, 2.75) is 50.7 Å². The maximum absolute atomic E-state index is 12.7. The monoisotopic (exact) mass is 289 g/mol. The van der Waals surface area contributed by atoms with E-state index in [1.807, 2.05) is 4.90 Å². The molecule has 2 atom stereocenters. The number of rotatable bonds is 2. The summed E-state index contributed by atoms with van der Waals surface area (Å²) in [6.45, 7) is 1.68. The van der Waals surface area contributed by atoms with Gasteiger partial charge in [-0.3, -0.25) is 14.9 Å². The highest BCUT2D eigenvalue weighted by Gasteiger charge is 2.42. The summed E-state index contributed by atoms with van der Waals surface area (Å²) in [4.78, 5) is 25.2. The Bertz CT molecular complexity index is 588. The standard InChI is InChI=1S/C15H19N3O3/c1-9-2-3-10(6-14(9)18(20)21)15(19)17-12-4-5-13(17)8-11(16)7-12/h2-3,6,11-13H,4-5,7-8,16H2,1H3. The van der Waals surface area contributed by atoms with E-state index >= 15 is 0 Å². The van der Waals surface area contributed by atoms with Gasteiger partial charge in [0.1, 0.15) is 0 Å². The second-order valence-electron chi connectivity index (χ2n) is 6.09. The summed E-state index contributed by atoms with van der Waals surface area (Å²) in [5, 5.41) is 11.0. The molecular weight excluding hydrogens is 270 g/mol. The van der Waals surface area contributed by atoms with Crippen molar-refractivity contribution in [1.82, 2.24) is 4.90 Å². The number of amides is 1. The lowest BCUT2D eigenvalue weighted by Crippen LogP contribution is -2.50. The van der Waals surface area contributed by atoms with Crippen molar-refractivity contribution in [3.8, 4) is 0 Å². The maximum atomic E-state index is 12.7. The molecular formula is C15H19N3O3. The van der Waals surface area contributed by atoms with Gasteiger partial charge in [0.25, 0.3) is 11.6 Å². The smallest absolute Gasteiger partial charge is 0.273 e. The van der Waals surface area contributed by atoms with Crippen molar-refractivity contribution in [1.29, 1.82) is 0 Å². The van der Waals surface area contributed by atoms with Crippen molar-refractivity contribution in [3.63, 3.8) is 0 Å². The minimum absolute atomic E-state index is 0.00177. The lowest BCUT2D eigenvalue weighted by Gasteiger charge is -2.37. The molecule has 3 rings (SSSR count). The molecule has 21 heavy (non-hydrogen) atoms. The molecule has 0 saturated carbocycles. The average molecular weight is 289 g/mol. The van der Waals surface area contributed by atoms with Gasteiger partial charge in [-0.2, -0.15) is 0 Å². The quantitative estimate of drug-likeness (QED) is 0.666. The van der Waals surface area contributed by atoms with E-state index in [-0.39, 0.29) is 29.7 Å². The number of nitro groups is 1. The third kappa shape index (κ3) is 2.40. The number of fused-ring (bicyclic) bond motifs is 2. The van der Waals surface area contributed by atoms with Gasteiger partial charge in [0.2, 0.25) is 0 Å². The number of nitro benzene ring substituents is 1. The molecule has 0 aliphatic carbocycles. The van der Waals surface area contributed by atoms with E-state index in [1.54, 1.807) is 19.1 Å². The van der Waals surface area contributed by atoms with E-state index in [2.05, 4.69) is 0 Å². The fourth-order valence-electron chi connectivity index (χ4n) is 3.64. The maximum Gasteiger partial charge on any atom is 0.273 e. The highest BCUT2D eigenvalue weighted by atomic mass is 16.6. The molecule has 2 heterocycles. The molecule has 0 spiro atoms. The molecule has 1 aromatic carbocycles. The summed E-state index contributed by atoms with van der Waals surface area (Å²) in [6.07, 6.45) is 3.63. The van der Waals surface area contributed by atoms with Crippen LogP contribution in [0.2, 0.25) is 0 Å². The number of carbonyl (C=O) groups excluding carboxylic acids is 1. The topological polar surface area (TPSA) is 89.5 Å². The Kier molecular flexibility index (Phi) is 3.41. The van der Waals surface area contributed by atoms with Crippen molar-refractivity contribution in [2.75, 3.05) is 0 Å². The Labute approximate surface area is 123 Å². The van der Waals surface area contributed by atoms with E-state index in [1.165, 1.54) is 6.07 Å². The number of benzene rings is 1. The molecule has 1 aromatic rings. The van der Waals surface area contributed by atoms with Gasteiger partial charge in [0.05, 0.1) is 4.92 Å². The molecule has 6 heteroatoms. The summed E-state index contributed by atoms with van der Waals surface area (Å²) in [5.41, 5.74) is 6.99. The van der Waals surface area contributed by atoms with Crippen LogP contribution in [0.25, 0.3) is 0 Å². The van der Waals surface area contributed by atoms with Crippen LogP contribution >= 0.6 is 0 Å². The second kappa shape index (κ2) is 5.11. The van der Waals surface area contributed by atoms with Gasteiger partial charge >= 0.3 is 0 Å². The zero-order chi connectivity index (χ0) is 15.1. The number of nitrogens with zero attached hydrogens (tertiary/aromatic N) is 2. The lowest BCUT2D eigenvalue weighted by atomic mass is 9.97. The van der Waals surface area contributed by atoms with Gasteiger partial charge in [-0.25, -0.2) is 0 Å². The highest BCUT2D eigenvalue weighted by Crippen LogP contribution is 2.36. The Hall–Kier alpha value is -1.95. The van der Waals surface area contributed by atoms with Crippen LogP contribution in [-0.4, -0.2) is 33.9 Å². The van der Waals surface area contributed by atoms with Crippen LogP contribution in [-0.2, 0) is 0 Å². The van der Waals surface area contributed by atoms with Crippen molar-refractivity contribution in [3.05, 3.63) is 39.4 Å². The van der Waals surface area contributed by atoms with Gasteiger partial charge in [-0.15, -0.1) is 0 Å². The summed E-state index contributed by atoms with van der Waals surface area (Å²) in [7, 11) is 0. The fraction of sp³-hybridized carbons (Fsp3) is 0.533. The summed E-state index contributed by atoms with van der Waals surface area (Å²) in [6, 6.07) is 5.25. The SMILES string of the molecule is Cc1ccc(C(=O)N2C3CCC2CC(N)C3)cc1[N+](=O)[O-]. The molecule has 2 aliphatic rings. The van der Waals surface area contributed by atoms with E-state index in [0.717, 1.165) is 25.7 Å². The van der Waals surface area contributed by atoms with Gasteiger partial charge in [-0.05, 0) is 38.7 Å². The Morgan fingerprint density at radius 2 is 1.95 bits per heavy atom. The Morgan fingerprint density at radius 3 is 2.52 bits per heavy atom. The highest BCUT2D eigenvalue weighted by molar-refractivity contribution is 5.95. The van der Waals surface area contributed by atoms with Crippen molar-refractivity contribution < 1.29 is 9.72 Å². The summed E-state index contributed by atoms with van der Waals surface area (Å²) >= 11 is 0. The molecule has 2 bridgehead atoms. The summed E-state index contributed by atoms with van der Waals surface area (Å²) in [5.74, 6) is -0.0995. The minimum atomic E-state index is -0.438. The van der Waals surface area contributed by atoms with Crippen molar-refractivity contribution >= 4 is 11.6 Å². The predicted molar refractivity (Wildman–Crippen MR) is 78.0 cm³/mol.